The molecule has 104 valence electrons. The number of rotatable bonds is 3. The standard InChI is InChI=1S/C14H22N4O/c1-3-4-13(19)18-7-5-17(6-8-18)12-9-11(2)14(15)16-10-12/h9-10H,3-8H2,1-2H3,(H2,15,16). The topological polar surface area (TPSA) is 62.5 Å². The van der Waals surface area contributed by atoms with Gasteiger partial charge >= 0.3 is 0 Å². The molecule has 0 atom stereocenters. The zero-order valence-electron chi connectivity index (χ0n) is 11.7. The number of nitrogens with two attached hydrogens (primary N) is 1. The highest BCUT2D eigenvalue weighted by Crippen LogP contribution is 2.19. The third-order valence-corrected chi connectivity index (χ3v) is 3.57. The average Bonchev–Trinajstić information content (AvgIpc) is 2.42. The Morgan fingerprint density at radius 2 is 2.05 bits per heavy atom. The fourth-order valence-corrected chi connectivity index (χ4v) is 2.33. The summed E-state index contributed by atoms with van der Waals surface area (Å²) in [4.78, 5) is 20.2. The Kier molecular flexibility index (Phi) is 4.24. The van der Waals surface area contributed by atoms with E-state index in [-0.39, 0.29) is 5.91 Å². The van der Waals surface area contributed by atoms with Crippen molar-refractivity contribution in [2.45, 2.75) is 26.7 Å². The normalized spacial score (nSPS) is 15.7. The van der Waals surface area contributed by atoms with Crippen LogP contribution in [-0.4, -0.2) is 42.0 Å². The van der Waals surface area contributed by atoms with Gasteiger partial charge in [0.1, 0.15) is 5.82 Å². The molecule has 5 nitrogen and oxygen atoms in total. The molecule has 0 spiro atoms. The smallest absolute Gasteiger partial charge is 0.222 e. The summed E-state index contributed by atoms with van der Waals surface area (Å²) in [5.41, 5.74) is 7.82. The summed E-state index contributed by atoms with van der Waals surface area (Å²) in [6.07, 6.45) is 3.38. The van der Waals surface area contributed by atoms with Gasteiger partial charge in [-0.25, -0.2) is 4.98 Å². The molecule has 2 heterocycles. The van der Waals surface area contributed by atoms with Crippen molar-refractivity contribution in [2.24, 2.45) is 0 Å². The first-order chi connectivity index (χ1) is 9.11. The van der Waals surface area contributed by atoms with Crippen molar-refractivity contribution in [3.8, 4) is 0 Å². The van der Waals surface area contributed by atoms with Crippen LogP contribution in [0.1, 0.15) is 25.3 Å². The van der Waals surface area contributed by atoms with Gasteiger partial charge in [-0.1, -0.05) is 6.92 Å². The Morgan fingerprint density at radius 3 is 2.63 bits per heavy atom. The number of carbonyl (C=O) groups excluding carboxylic acids is 1. The Labute approximate surface area is 114 Å². The van der Waals surface area contributed by atoms with Gasteiger partial charge in [-0.15, -0.1) is 0 Å². The van der Waals surface area contributed by atoms with Crippen LogP contribution in [-0.2, 0) is 4.79 Å². The van der Waals surface area contributed by atoms with Crippen molar-refractivity contribution >= 4 is 17.4 Å². The minimum atomic E-state index is 0.272. The van der Waals surface area contributed by atoms with Crippen LogP contribution in [0.3, 0.4) is 0 Å². The summed E-state index contributed by atoms with van der Waals surface area (Å²) in [5, 5.41) is 0. The van der Waals surface area contributed by atoms with E-state index < -0.39 is 0 Å². The molecule has 1 saturated heterocycles. The molecule has 0 saturated carbocycles. The molecule has 2 N–H and O–H groups in total. The zero-order valence-corrected chi connectivity index (χ0v) is 11.7. The number of hydrogen-bond donors (Lipinski definition) is 1. The number of nitrogen functional groups attached to an aromatic ring is 1. The van der Waals surface area contributed by atoms with Crippen molar-refractivity contribution in [2.75, 3.05) is 36.8 Å². The Morgan fingerprint density at radius 1 is 1.37 bits per heavy atom. The highest BCUT2D eigenvalue weighted by molar-refractivity contribution is 5.76. The van der Waals surface area contributed by atoms with Gasteiger partial charge in [0.2, 0.25) is 5.91 Å². The van der Waals surface area contributed by atoms with E-state index in [0.29, 0.717) is 12.2 Å². The number of aryl methyl sites for hydroxylation is 1. The average molecular weight is 262 g/mol. The van der Waals surface area contributed by atoms with Crippen molar-refractivity contribution in [3.05, 3.63) is 17.8 Å². The molecule has 0 aromatic carbocycles. The van der Waals surface area contributed by atoms with E-state index in [0.717, 1.165) is 43.9 Å². The summed E-state index contributed by atoms with van der Waals surface area (Å²) in [5.74, 6) is 0.856. The van der Waals surface area contributed by atoms with Gasteiger partial charge in [-0.3, -0.25) is 4.79 Å². The molecule has 0 aliphatic carbocycles. The fraction of sp³-hybridized carbons (Fsp3) is 0.571. The molecule has 1 fully saturated rings. The first kappa shape index (κ1) is 13.6. The second-order valence-corrected chi connectivity index (χ2v) is 5.01. The summed E-state index contributed by atoms with van der Waals surface area (Å²) in [7, 11) is 0. The van der Waals surface area contributed by atoms with Crippen LogP contribution in [0.15, 0.2) is 12.3 Å². The predicted molar refractivity (Wildman–Crippen MR) is 77.1 cm³/mol. The van der Waals surface area contributed by atoms with Crippen LogP contribution in [0.25, 0.3) is 0 Å². The number of carbonyl (C=O) groups is 1. The second-order valence-electron chi connectivity index (χ2n) is 5.01. The predicted octanol–water partition coefficient (Wildman–Crippen LogP) is 1.42. The van der Waals surface area contributed by atoms with Crippen molar-refractivity contribution in [1.29, 1.82) is 0 Å². The van der Waals surface area contributed by atoms with Crippen molar-refractivity contribution in [1.82, 2.24) is 9.88 Å². The van der Waals surface area contributed by atoms with E-state index in [9.17, 15) is 4.79 Å². The summed E-state index contributed by atoms with van der Waals surface area (Å²) >= 11 is 0. The number of amides is 1. The maximum absolute atomic E-state index is 11.8. The SMILES string of the molecule is CCCC(=O)N1CCN(c2cnc(N)c(C)c2)CC1. The first-order valence-electron chi connectivity index (χ1n) is 6.86. The number of piperazine rings is 1. The molecule has 1 aliphatic rings. The minimum absolute atomic E-state index is 0.272. The summed E-state index contributed by atoms with van der Waals surface area (Å²) in [6, 6.07) is 2.06. The lowest BCUT2D eigenvalue weighted by atomic mass is 10.2. The lowest BCUT2D eigenvalue weighted by Crippen LogP contribution is -2.48. The van der Waals surface area contributed by atoms with Crippen LogP contribution in [0.4, 0.5) is 11.5 Å². The maximum atomic E-state index is 11.8. The van der Waals surface area contributed by atoms with Gasteiger partial charge < -0.3 is 15.5 Å². The Bertz CT molecular complexity index is 453. The van der Waals surface area contributed by atoms with Crippen LogP contribution >= 0.6 is 0 Å². The van der Waals surface area contributed by atoms with Crippen LogP contribution < -0.4 is 10.6 Å². The number of pyridine rings is 1. The van der Waals surface area contributed by atoms with Crippen LogP contribution in [0, 0.1) is 6.92 Å². The molecule has 2 rings (SSSR count). The third kappa shape index (κ3) is 3.16. The van der Waals surface area contributed by atoms with Crippen molar-refractivity contribution in [3.63, 3.8) is 0 Å². The van der Waals surface area contributed by atoms with Gasteiger partial charge in [-0.2, -0.15) is 0 Å². The molecule has 5 heteroatoms. The fourth-order valence-electron chi connectivity index (χ4n) is 2.33. The Balaban J connectivity index is 1.96. The molecule has 1 aliphatic heterocycles. The molecule has 0 radical (unpaired) electrons. The highest BCUT2D eigenvalue weighted by atomic mass is 16.2. The maximum Gasteiger partial charge on any atom is 0.222 e. The van der Waals surface area contributed by atoms with Crippen LogP contribution in [0.2, 0.25) is 0 Å². The molecule has 19 heavy (non-hydrogen) atoms. The summed E-state index contributed by atoms with van der Waals surface area (Å²) < 4.78 is 0. The molecule has 0 bridgehead atoms. The molecule has 1 aromatic heterocycles. The molecule has 1 aromatic rings. The van der Waals surface area contributed by atoms with Gasteiger partial charge in [-0.05, 0) is 25.0 Å². The van der Waals surface area contributed by atoms with Gasteiger partial charge in [0.25, 0.3) is 0 Å². The quantitative estimate of drug-likeness (QED) is 0.895. The minimum Gasteiger partial charge on any atom is -0.383 e. The van der Waals surface area contributed by atoms with E-state index in [2.05, 4.69) is 16.0 Å². The van der Waals surface area contributed by atoms with E-state index in [1.54, 1.807) is 0 Å². The van der Waals surface area contributed by atoms with E-state index in [1.807, 2.05) is 24.9 Å². The lowest BCUT2D eigenvalue weighted by molar-refractivity contribution is -0.131. The zero-order chi connectivity index (χ0) is 13.8. The van der Waals surface area contributed by atoms with E-state index in [1.165, 1.54) is 0 Å². The molecule has 1 amide bonds. The van der Waals surface area contributed by atoms with Gasteiger partial charge in [0.15, 0.2) is 0 Å². The largest absolute Gasteiger partial charge is 0.383 e. The number of nitrogens with zero attached hydrogens (tertiary/aromatic N) is 3. The van der Waals surface area contributed by atoms with Gasteiger partial charge in [0.05, 0.1) is 11.9 Å². The monoisotopic (exact) mass is 262 g/mol. The lowest BCUT2D eigenvalue weighted by Gasteiger charge is -2.36. The third-order valence-electron chi connectivity index (χ3n) is 3.57. The van der Waals surface area contributed by atoms with E-state index in [4.69, 9.17) is 5.73 Å². The highest BCUT2D eigenvalue weighted by Gasteiger charge is 2.20. The first-order valence-corrected chi connectivity index (χ1v) is 6.86. The molecular formula is C14H22N4O. The molecular weight excluding hydrogens is 240 g/mol. The van der Waals surface area contributed by atoms with Gasteiger partial charge in [0, 0.05) is 32.6 Å². The molecule has 0 unspecified atom stereocenters. The summed E-state index contributed by atoms with van der Waals surface area (Å²) in [6.45, 7) is 7.31. The number of anilines is 2. The number of aromatic nitrogens is 1. The second kappa shape index (κ2) is 5.91. The Hall–Kier alpha value is -1.78. The van der Waals surface area contributed by atoms with Crippen molar-refractivity contribution < 1.29 is 4.79 Å². The van der Waals surface area contributed by atoms with Crippen LogP contribution in [0.5, 0.6) is 0 Å². The van der Waals surface area contributed by atoms with E-state index >= 15 is 0 Å². The number of hydrogen-bond acceptors (Lipinski definition) is 4.